The van der Waals surface area contributed by atoms with Gasteiger partial charge in [-0.3, -0.25) is 13.9 Å². The van der Waals surface area contributed by atoms with Gasteiger partial charge in [-0.1, -0.05) is 86.6 Å². The lowest BCUT2D eigenvalue weighted by molar-refractivity contribution is -0.140. The number of carbonyl (C=O) groups excluding carboxylic acids is 2. The van der Waals surface area contributed by atoms with Crippen LogP contribution in [0.5, 0.6) is 0 Å². The SMILES string of the molecule is CCc1ccc(N(CC(=O)N(Cc2ccc(F)cc2)[C@H](Cc2ccccc2)C(=O)N[C@H](C)CC)S(=O)(=O)c2ccccc2)cc1. The van der Waals surface area contributed by atoms with Crippen LogP contribution in [0.1, 0.15) is 43.9 Å². The summed E-state index contributed by atoms with van der Waals surface area (Å²) in [6, 6.07) is 28.9. The zero-order valence-corrected chi connectivity index (χ0v) is 26.7. The predicted molar refractivity (Wildman–Crippen MR) is 176 cm³/mol. The van der Waals surface area contributed by atoms with Crippen molar-refractivity contribution in [3.05, 3.63) is 132 Å². The molecular formula is C36H40FN3O4S. The molecule has 0 aromatic heterocycles. The quantitative estimate of drug-likeness (QED) is 0.182. The van der Waals surface area contributed by atoms with Crippen molar-refractivity contribution >= 4 is 27.5 Å². The van der Waals surface area contributed by atoms with Crippen LogP contribution in [0.2, 0.25) is 0 Å². The molecular weight excluding hydrogens is 589 g/mol. The Morgan fingerprint density at radius 2 is 1.36 bits per heavy atom. The van der Waals surface area contributed by atoms with Gasteiger partial charge in [-0.15, -0.1) is 0 Å². The van der Waals surface area contributed by atoms with Crippen molar-refractivity contribution in [2.45, 2.75) is 63.6 Å². The summed E-state index contributed by atoms with van der Waals surface area (Å²) in [7, 11) is -4.17. The first-order valence-electron chi connectivity index (χ1n) is 15.2. The molecule has 236 valence electrons. The monoisotopic (exact) mass is 629 g/mol. The number of hydrogen-bond acceptors (Lipinski definition) is 4. The van der Waals surface area contributed by atoms with Crippen LogP contribution in [-0.4, -0.2) is 43.8 Å². The smallest absolute Gasteiger partial charge is 0.264 e. The fourth-order valence-electron chi connectivity index (χ4n) is 4.93. The molecule has 0 saturated carbocycles. The maximum Gasteiger partial charge on any atom is 0.264 e. The third-order valence-electron chi connectivity index (χ3n) is 7.78. The van der Waals surface area contributed by atoms with Crippen LogP contribution < -0.4 is 9.62 Å². The van der Waals surface area contributed by atoms with E-state index in [1.165, 1.54) is 29.2 Å². The Morgan fingerprint density at radius 1 is 0.778 bits per heavy atom. The summed E-state index contributed by atoms with van der Waals surface area (Å²) in [5, 5.41) is 3.01. The molecule has 0 fully saturated rings. The molecule has 0 aliphatic rings. The molecule has 0 spiro atoms. The Balaban J connectivity index is 1.79. The van der Waals surface area contributed by atoms with Crippen LogP contribution in [0.4, 0.5) is 10.1 Å². The van der Waals surface area contributed by atoms with Crippen LogP contribution >= 0.6 is 0 Å². The van der Waals surface area contributed by atoms with Crippen molar-refractivity contribution in [2.24, 2.45) is 0 Å². The number of sulfonamides is 1. The Kier molecular flexibility index (Phi) is 11.5. The number of aryl methyl sites for hydroxylation is 1. The third kappa shape index (κ3) is 8.79. The lowest BCUT2D eigenvalue weighted by atomic mass is 10.0. The van der Waals surface area contributed by atoms with Crippen LogP contribution in [0.15, 0.2) is 114 Å². The highest BCUT2D eigenvalue weighted by Crippen LogP contribution is 2.26. The second-order valence-corrected chi connectivity index (χ2v) is 12.9. The van der Waals surface area contributed by atoms with E-state index in [4.69, 9.17) is 0 Å². The first-order chi connectivity index (χ1) is 21.6. The van der Waals surface area contributed by atoms with Gasteiger partial charge in [-0.05, 0) is 72.9 Å². The normalized spacial score (nSPS) is 12.6. The summed E-state index contributed by atoms with van der Waals surface area (Å²) in [5.74, 6) is -1.35. The molecule has 2 atom stereocenters. The minimum Gasteiger partial charge on any atom is -0.352 e. The van der Waals surface area contributed by atoms with Gasteiger partial charge in [0.2, 0.25) is 11.8 Å². The average Bonchev–Trinajstić information content (AvgIpc) is 3.06. The van der Waals surface area contributed by atoms with E-state index in [0.29, 0.717) is 17.7 Å². The fraction of sp³-hybridized carbons (Fsp3) is 0.278. The van der Waals surface area contributed by atoms with E-state index in [1.54, 1.807) is 42.5 Å². The Bertz CT molecular complexity index is 1650. The number of carbonyl (C=O) groups is 2. The molecule has 0 aliphatic heterocycles. The zero-order chi connectivity index (χ0) is 32.4. The molecule has 0 radical (unpaired) electrons. The lowest BCUT2D eigenvalue weighted by Crippen LogP contribution is -2.54. The third-order valence-corrected chi connectivity index (χ3v) is 9.57. The van der Waals surface area contributed by atoms with Crippen molar-refractivity contribution in [1.82, 2.24) is 10.2 Å². The number of anilines is 1. The van der Waals surface area contributed by atoms with Crippen LogP contribution in [0.25, 0.3) is 0 Å². The van der Waals surface area contributed by atoms with E-state index in [0.717, 1.165) is 21.9 Å². The van der Waals surface area contributed by atoms with E-state index in [9.17, 15) is 22.4 Å². The topological polar surface area (TPSA) is 86.8 Å². The molecule has 45 heavy (non-hydrogen) atoms. The molecule has 4 aromatic rings. The van der Waals surface area contributed by atoms with Gasteiger partial charge < -0.3 is 10.2 Å². The molecule has 0 bridgehead atoms. The minimum absolute atomic E-state index is 0.0292. The average molecular weight is 630 g/mol. The number of nitrogens with one attached hydrogen (secondary N) is 1. The molecule has 7 nitrogen and oxygen atoms in total. The van der Waals surface area contributed by atoms with E-state index < -0.39 is 34.3 Å². The second-order valence-electron chi connectivity index (χ2n) is 11.0. The second kappa shape index (κ2) is 15.5. The summed E-state index contributed by atoms with van der Waals surface area (Å²) < 4.78 is 43.0. The van der Waals surface area contributed by atoms with Crippen molar-refractivity contribution in [2.75, 3.05) is 10.8 Å². The summed E-state index contributed by atoms with van der Waals surface area (Å²) >= 11 is 0. The number of rotatable bonds is 14. The molecule has 9 heteroatoms. The van der Waals surface area contributed by atoms with Crippen LogP contribution in [0, 0.1) is 5.82 Å². The van der Waals surface area contributed by atoms with Crippen molar-refractivity contribution in [3.63, 3.8) is 0 Å². The van der Waals surface area contributed by atoms with E-state index >= 15 is 0 Å². The molecule has 2 amide bonds. The zero-order valence-electron chi connectivity index (χ0n) is 25.9. The molecule has 4 rings (SSSR count). The number of halogens is 1. The van der Waals surface area contributed by atoms with Gasteiger partial charge in [-0.2, -0.15) is 0 Å². The highest BCUT2D eigenvalue weighted by Gasteiger charge is 2.35. The van der Waals surface area contributed by atoms with Gasteiger partial charge in [-0.25, -0.2) is 12.8 Å². The maximum absolute atomic E-state index is 14.5. The lowest BCUT2D eigenvalue weighted by Gasteiger charge is -2.34. The van der Waals surface area contributed by atoms with Crippen molar-refractivity contribution < 1.29 is 22.4 Å². The van der Waals surface area contributed by atoms with Gasteiger partial charge >= 0.3 is 0 Å². The standard InChI is InChI=1S/C36H40FN3O4S/c1-4-27(3)38-36(42)34(24-29-12-8-6-9-13-29)39(25-30-16-20-31(37)21-17-30)35(41)26-40(32-22-18-28(5-2)19-23-32)45(43,44)33-14-10-7-11-15-33/h6-23,27,34H,4-5,24-26H2,1-3H3,(H,38,42)/t27-,34-/m1/s1. The van der Waals surface area contributed by atoms with Crippen LogP contribution in [-0.2, 0) is 39.0 Å². The minimum atomic E-state index is -4.17. The summed E-state index contributed by atoms with van der Waals surface area (Å²) in [6.45, 7) is 5.26. The van der Waals surface area contributed by atoms with Gasteiger partial charge in [0, 0.05) is 19.0 Å². The number of hydrogen-bond donors (Lipinski definition) is 1. The van der Waals surface area contributed by atoms with Gasteiger partial charge in [0.25, 0.3) is 10.0 Å². The summed E-state index contributed by atoms with van der Waals surface area (Å²) in [4.78, 5) is 29.8. The number of amides is 2. The van der Waals surface area contributed by atoms with Crippen molar-refractivity contribution in [1.29, 1.82) is 0 Å². The number of nitrogens with zero attached hydrogens (tertiary/aromatic N) is 2. The molecule has 4 aromatic carbocycles. The maximum atomic E-state index is 14.5. The van der Waals surface area contributed by atoms with E-state index in [2.05, 4.69) is 5.32 Å². The molecule has 0 heterocycles. The highest BCUT2D eigenvalue weighted by atomic mass is 32.2. The highest BCUT2D eigenvalue weighted by molar-refractivity contribution is 7.92. The molecule has 0 aliphatic carbocycles. The largest absolute Gasteiger partial charge is 0.352 e. The van der Waals surface area contributed by atoms with Crippen molar-refractivity contribution in [3.8, 4) is 0 Å². The Labute approximate surface area is 265 Å². The van der Waals surface area contributed by atoms with E-state index in [-0.39, 0.29) is 29.8 Å². The van der Waals surface area contributed by atoms with Gasteiger partial charge in [0.05, 0.1) is 10.6 Å². The van der Waals surface area contributed by atoms with Gasteiger partial charge in [0.15, 0.2) is 0 Å². The van der Waals surface area contributed by atoms with Gasteiger partial charge in [0.1, 0.15) is 18.4 Å². The predicted octanol–water partition coefficient (Wildman–Crippen LogP) is 6.14. The molecule has 1 N–H and O–H groups in total. The fourth-order valence-corrected chi connectivity index (χ4v) is 6.36. The first-order valence-corrected chi connectivity index (χ1v) is 16.6. The summed E-state index contributed by atoms with van der Waals surface area (Å²) in [6.07, 6.45) is 1.65. The number of benzene rings is 4. The first kappa shape index (κ1) is 33.4. The Hall–Kier alpha value is -4.50. The molecule has 0 saturated heterocycles. The van der Waals surface area contributed by atoms with E-state index in [1.807, 2.05) is 63.2 Å². The Morgan fingerprint density at radius 3 is 1.93 bits per heavy atom. The molecule has 0 unspecified atom stereocenters. The summed E-state index contributed by atoms with van der Waals surface area (Å²) in [5.41, 5.74) is 2.78. The van der Waals surface area contributed by atoms with Crippen LogP contribution in [0.3, 0.4) is 0 Å².